The zero-order chi connectivity index (χ0) is 17.2. The maximum atomic E-state index is 12.5. The number of aromatic nitrogens is 1. The molecule has 1 unspecified atom stereocenters. The number of rotatable bonds is 5. The SMILES string of the molecule is CC(C(=O)Nc1ccccc1)S(=O)(=O)Cc1nc2ccccc2s1. The third kappa shape index (κ3) is 3.63. The zero-order valence-electron chi connectivity index (χ0n) is 13.0. The van der Waals surface area contributed by atoms with Gasteiger partial charge in [0, 0.05) is 5.69 Å². The van der Waals surface area contributed by atoms with Crippen LogP contribution >= 0.6 is 11.3 Å². The van der Waals surface area contributed by atoms with Gasteiger partial charge in [0.15, 0.2) is 9.84 Å². The minimum Gasteiger partial charge on any atom is -0.325 e. The van der Waals surface area contributed by atoms with Crippen molar-refractivity contribution in [3.63, 3.8) is 0 Å². The molecule has 3 aromatic rings. The van der Waals surface area contributed by atoms with Crippen LogP contribution in [0.25, 0.3) is 10.2 Å². The molecule has 0 aliphatic rings. The Morgan fingerprint density at radius 1 is 1.12 bits per heavy atom. The van der Waals surface area contributed by atoms with E-state index in [1.54, 1.807) is 24.3 Å². The van der Waals surface area contributed by atoms with Crippen molar-refractivity contribution in [3.05, 3.63) is 59.6 Å². The Morgan fingerprint density at radius 2 is 1.79 bits per heavy atom. The number of amides is 1. The fourth-order valence-electron chi connectivity index (χ4n) is 2.21. The Bertz CT molecular complexity index is 933. The van der Waals surface area contributed by atoms with Crippen LogP contribution in [0.15, 0.2) is 54.6 Å². The van der Waals surface area contributed by atoms with E-state index >= 15 is 0 Å². The fourth-order valence-corrected chi connectivity index (χ4v) is 4.74. The van der Waals surface area contributed by atoms with Crippen molar-refractivity contribution < 1.29 is 13.2 Å². The molecular formula is C17H16N2O3S2. The van der Waals surface area contributed by atoms with Crippen LogP contribution in [0.2, 0.25) is 0 Å². The van der Waals surface area contributed by atoms with Gasteiger partial charge in [-0.15, -0.1) is 11.3 Å². The van der Waals surface area contributed by atoms with Crippen LogP contribution in [0.1, 0.15) is 11.9 Å². The van der Waals surface area contributed by atoms with E-state index in [1.807, 2.05) is 30.3 Å². The van der Waals surface area contributed by atoms with Crippen LogP contribution in [0, 0.1) is 0 Å². The van der Waals surface area contributed by atoms with E-state index in [0.29, 0.717) is 10.7 Å². The molecular weight excluding hydrogens is 344 g/mol. The number of para-hydroxylation sites is 2. The number of nitrogens with one attached hydrogen (secondary N) is 1. The first-order valence-electron chi connectivity index (χ1n) is 7.37. The molecule has 0 radical (unpaired) electrons. The van der Waals surface area contributed by atoms with Crippen molar-refractivity contribution in [1.82, 2.24) is 4.98 Å². The molecule has 0 aliphatic carbocycles. The van der Waals surface area contributed by atoms with Gasteiger partial charge in [-0.2, -0.15) is 0 Å². The summed E-state index contributed by atoms with van der Waals surface area (Å²) in [6.07, 6.45) is 0. The Kier molecular flexibility index (Phi) is 4.64. The minimum atomic E-state index is -3.64. The van der Waals surface area contributed by atoms with Gasteiger partial charge in [0.1, 0.15) is 16.0 Å². The smallest absolute Gasteiger partial charge is 0.242 e. The van der Waals surface area contributed by atoms with Gasteiger partial charge in [-0.3, -0.25) is 4.79 Å². The molecule has 1 atom stereocenters. The predicted octanol–water partition coefficient (Wildman–Crippen LogP) is 3.24. The second kappa shape index (κ2) is 6.70. The maximum absolute atomic E-state index is 12.5. The lowest BCUT2D eigenvalue weighted by Gasteiger charge is -2.12. The molecule has 0 aliphatic heterocycles. The molecule has 1 amide bonds. The third-order valence-corrected chi connectivity index (χ3v) is 6.80. The number of benzene rings is 2. The number of hydrogen-bond donors (Lipinski definition) is 1. The van der Waals surface area contributed by atoms with Crippen molar-refractivity contribution in [1.29, 1.82) is 0 Å². The van der Waals surface area contributed by atoms with Gasteiger partial charge in [0.25, 0.3) is 0 Å². The van der Waals surface area contributed by atoms with E-state index < -0.39 is 21.0 Å². The number of carbonyl (C=O) groups excluding carboxylic acids is 1. The molecule has 0 spiro atoms. The van der Waals surface area contributed by atoms with Crippen LogP contribution in [-0.4, -0.2) is 24.6 Å². The summed E-state index contributed by atoms with van der Waals surface area (Å²) < 4.78 is 26.0. The van der Waals surface area contributed by atoms with Crippen LogP contribution < -0.4 is 5.32 Å². The highest BCUT2D eigenvalue weighted by Crippen LogP contribution is 2.24. The standard InChI is InChI=1S/C17H16N2O3S2/c1-12(17(20)18-13-7-3-2-4-8-13)24(21,22)11-16-19-14-9-5-6-10-15(14)23-16/h2-10,12H,11H2,1H3,(H,18,20). The molecule has 1 heterocycles. The van der Waals surface area contributed by atoms with Crippen molar-refractivity contribution in [2.45, 2.75) is 17.9 Å². The molecule has 0 bridgehead atoms. The first kappa shape index (κ1) is 16.6. The molecule has 0 saturated carbocycles. The van der Waals surface area contributed by atoms with Gasteiger partial charge in [-0.05, 0) is 31.2 Å². The molecule has 5 nitrogen and oxygen atoms in total. The van der Waals surface area contributed by atoms with E-state index in [1.165, 1.54) is 18.3 Å². The van der Waals surface area contributed by atoms with Gasteiger partial charge in [-0.1, -0.05) is 30.3 Å². The maximum Gasteiger partial charge on any atom is 0.242 e. The summed E-state index contributed by atoms with van der Waals surface area (Å²) in [5.74, 6) is -0.780. The average Bonchev–Trinajstić information content (AvgIpc) is 2.96. The number of fused-ring (bicyclic) bond motifs is 1. The molecule has 1 aromatic heterocycles. The Hall–Kier alpha value is -2.25. The van der Waals surface area contributed by atoms with Gasteiger partial charge in [0.05, 0.1) is 10.2 Å². The predicted molar refractivity (Wildman–Crippen MR) is 96.8 cm³/mol. The summed E-state index contributed by atoms with van der Waals surface area (Å²) in [4.78, 5) is 16.5. The van der Waals surface area contributed by atoms with E-state index in [4.69, 9.17) is 0 Å². The summed E-state index contributed by atoms with van der Waals surface area (Å²) in [6, 6.07) is 16.3. The third-order valence-electron chi connectivity index (χ3n) is 3.61. The number of thiazole rings is 1. The summed E-state index contributed by atoms with van der Waals surface area (Å²) in [7, 11) is -3.64. The summed E-state index contributed by atoms with van der Waals surface area (Å²) >= 11 is 1.34. The van der Waals surface area contributed by atoms with Crippen molar-refractivity contribution in [2.24, 2.45) is 0 Å². The Morgan fingerprint density at radius 3 is 2.50 bits per heavy atom. The average molecular weight is 360 g/mol. The number of sulfone groups is 1. The monoisotopic (exact) mass is 360 g/mol. The topological polar surface area (TPSA) is 76.1 Å². The number of nitrogens with zero attached hydrogens (tertiary/aromatic N) is 1. The van der Waals surface area contributed by atoms with E-state index in [0.717, 1.165) is 10.2 Å². The first-order valence-corrected chi connectivity index (χ1v) is 9.91. The molecule has 24 heavy (non-hydrogen) atoms. The normalized spacial score (nSPS) is 12.9. The molecule has 7 heteroatoms. The lowest BCUT2D eigenvalue weighted by atomic mass is 10.3. The van der Waals surface area contributed by atoms with Crippen LogP contribution in [0.4, 0.5) is 5.69 Å². The van der Waals surface area contributed by atoms with Gasteiger partial charge < -0.3 is 5.32 Å². The van der Waals surface area contributed by atoms with E-state index in [2.05, 4.69) is 10.3 Å². The van der Waals surface area contributed by atoms with Crippen LogP contribution in [-0.2, 0) is 20.4 Å². The molecule has 0 fully saturated rings. The molecule has 1 N–H and O–H groups in total. The summed E-state index contributed by atoms with van der Waals surface area (Å²) in [5.41, 5.74) is 1.35. The lowest BCUT2D eigenvalue weighted by molar-refractivity contribution is -0.115. The quantitative estimate of drug-likeness (QED) is 0.758. The molecule has 0 saturated heterocycles. The number of carbonyl (C=O) groups is 1. The zero-order valence-corrected chi connectivity index (χ0v) is 14.6. The largest absolute Gasteiger partial charge is 0.325 e. The number of hydrogen-bond acceptors (Lipinski definition) is 5. The van der Waals surface area contributed by atoms with Crippen LogP contribution in [0.5, 0.6) is 0 Å². The van der Waals surface area contributed by atoms with Crippen molar-refractivity contribution in [2.75, 3.05) is 5.32 Å². The summed E-state index contributed by atoms with van der Waals surface area (Å²) in [6.45, 7) is 1.40. The lowest BCUT2D eigenvalue weighted by Crippen LogP contribution is -2.33. The Balaban J connectivity index is 1.75. The summed E-state index contributed by atoms with van der Waals surface area (Å²) in [5, 5.41) is 1.97. The van der Waals surface area contributed by atoms with Gasteiger partial charge >= 0.3 is 0 Å². The number of anilines is 1. The highest BCUT2D eigenvalue weighted by Gasteiger charge is 2.29. The molecule has 3 rings (SSSR count). The van der Waals surface area contributed by atoms with Crippen LogP contribution in [0.3, 0.4) is 0 Å². The Labute approximate surface area is 144 Å². The van der Waals surface area contributed by atoms with Crippen molar-refractivity contribution in [3.8, 4) is 0 Å². The minimum absolute atomic E-state index is 0.240. The highest BCUT2D eigenvalue weighted by atomic mass is 32.2. The highest BCUT2D eigenvalue weighted by molar-refractivity contribution is 7.92. The molecule has 124 valence electrons. The first-order chi connectivity index (χ1) is 11.5. The van der Waals surface area contributed by atoms with Crippen molar-refractivity contribution >= 4 is 43.0 Å². The fraction of sp³-hybridized carbons (Fsp3) is 0.176. The molecule has 2 aromatic carbocycles. The van der Waals surface area contributed by atoms with E-state index in [9.17, 15) is 13.2 Å². The second-order valence-electron chi connectivity index (χ2n) is 5.38. The van der Waals surface area contributed by atoms with Gasteiger partial charge in [-0.25, -0.2) is 13.4 Å². The van der Waals surface area contributed by atoms with E-state index in [-0.39, 0.29) is 5.75 Å². The second-order valence-corrected chi connectivity index (χ2v) is 8.82. The van der Waals surface area contributed by atoms with Gasteiger partial charge in [0.2, 0.25) is 5.91 Å².